The summed E-state index contributed by atoms with van der Waals surface area (Å²) in [5.74, 6) is 1.81. The number of unbranched alkanes of at least 4 members (excludes halogenated alkanes) is 1. The second-order valence-electron chi connectivity index (χ2n) is 7.85. The fourth-order valence-electron chi connectivity index (χ4n) is 5.83. The highest BCUT2D eigenvalue weighted by Crippen LogP contribution is 2.56. The summed E-state index contributed by atoms with van der Waals surface area (Å²) in [6.45, 7) is 2.29. The molecule has 128 valence electrons. The summed E-state index contributed by atoms with van der Waals surface area (Å²) in [7, 11) is 1.78. The molecule has 1 aliphatic heterocycles. The minimum Gasteiger partial charge on any atom is -0.497 e. The highest BCUT2D eigenvalue weighted by atomic mass is 16.5. The van der Waals surface area contributed by atoms with Crippen LogP contribution in [0.15, 0.2) is 18.2 Å². The molecule has 0 N–H and O–H groups in total. The van der Waals surface area contributed by atoms with Crippen molar-refractivity contribution in [2.24, 2.45) is 5.92 Å². The molecule has 3 aliphatic rings. The zero-order chi connectivity index (χ0) is 16.6. The maximum atomic E-state index is 8.86. The number of rotatable bonds is 4. The third-order valence-electron chi connectivity index (χ3n) is 6.89. The molecule has 2 aliphatic carbocycles. The second kappa shape index (κ2) is 6.41. The van der Waals surface area contributed by atoms with E-state index in [0.717, 1.165) is 24.6 Å². The van der Waals surface area contributed by atoms with Gasteiger partial charge in [0.2, 0.25) is 0 Å². The molecular weight excluding hydrogens is 296 g/mol. The molecule has 1 aromatic rings. The van der Waals surface area contributed by atoms with Crippen molar-refractivity contribution >= 4 is 0 Å². The van der Waals surface area contributed by atoms with E-state index < -0.39 is 0 Å². The SMILES string of the molecule is COc1ccc2c(c1)[C@]13CCCC[C@@H]1[C@H](C2)N(CCCC#N)CC3. The van der Waals surface area contributed by atoms with E-state index >= 15 is 0 Å². The highest BCUT2D eigenvalue weighted by Gasteiger charge is 2.53. The molecular formula is C21H28N2O. The molecule has 2 bridgehead atoms. The van der Waals surface area contributed by atoms with Gasteiger partial charge in [-0.15, -0.1) is 0 Å². The van der Waals surface area contributed by atoms with Crippen LogP contribution in [0.4, 0.5) is 0 Å². The lowest BCUT2D eigenvalue weighted by molar-refractivity contribution is -0.0115. The lowest BCUT2D eigenvalue weighted by Crippen LogP contribution is -2.61. The molecule has 1 saturated heterocycles. The number of nitrogens with zero attached hydrogens (tertiary/aromatic N) is 2. The van der Waals surface area contributed by atoms with Crippen molar-refractivity contribution in [2.45, 2.75) is 62.8 Å². The molecule has 2 fully saturated rings. The largest absolute Gasteiger partial charge is 0.497 e. The molecule has 0 radical (unpaired) electrons. The van der Waals surface area contributed by atoms with Gasteiger partial charge in [-0.1, -0.05) is 18.9 Å². The van der Waals surface area contributed by atoms with Gasteiger partial charge in [0.25, 0.3) is 0 Å². The predicted molar refractivity (Wildman–Crippen MR) is 95.2 cm³/mol. The van der Waals surface area contributed by atoms with Crippen LogP contribution in [0, 0.1) is 17.2 Å². The predicted octanol–water partition coefficient (Wildman–Crippen LogP) is 4.06. The summed E-state index contributed by atoms with van der Waals surface area (Å²) >= 11 is 0. The van der Waals surface area contributed by atoms with Gasteiger partial charge in [-0.05, 0) is 74.4 Å². The van der Waals surface area contributed by atoms with Crippen LogP contribution in [0.2, 0.25) is 0 Å². The van der Waals surface area contributed by atoms with Gasteiger partial charge >= 0.3 is 0 Å². The molecule has 24 heavy (non-hydrogen) atoms. The summed E-state index contributed by atoms with van der Waals surface area (Å²) in [5.41, 5.74) is 3.53. The Morgan fingerprint density at radius 2 is 2.25 bits per heavy atom. The Labute approximate surface area is 145 Å². The molecule has 3 nitrogen and oxygen atoms in total. The molecule has 0 spiro atoms. The third-order valence-corrected chi connectivity index (χ3v) is 6.89. The maximum absolute atomic E-state index is 8.86. The van der Waals surface area contributed by atoms with Crippen LogP contribution in [-0.2, 0) is 11.8 Å². The molecule has 3 atom stereocenters. The van der Waals surface area contributed by atoms with Crippen LogP contribution in [0.5, 0.6) is 5.75 Å². The van der Waals surface area contributed by atoms with Crippen molar-refractivity contribution in [3.63, 3.8) is 0 Å². The monoisotopic (exact) mass is 324 g/mol. The van der Waals surface area contributed by atoms with Crippen LogP contribution < -0.4 is 4.74 Å². The Morgan fingerprint density at radius 3 is 3.08 bits per heavy atom. The summed E-state index contributed by atoms with van der Waals surface area (Å²) in [6.07, 6.45) is 9.63. The summed E-state index contributed by atoms with van der Waals surface area (Å²) < 4.78 is 5.54. The van der Waals surface area contributed by atoms with Gasteiger partial charge in [0.05, 0.1) is 13.2 Å². The molecule has 0 aromatic heterocycles. The van der Waals surface area contributed by atoms with Crippen LogP contribution in [0.25, 0.3) is 0 Å². The first kappa shape index (κ1) is 16.0. The molecule has 0 amide bonds. The van der Waals surface area contributed by atoms with E-state index in [1.54, 1.807) is 18.2 Å². The van der Waals surface area contributed by atoms with Crippen molar-refractivity contribution in [1.29, 1.82) is 5.26 Å². The van der Waals surface area contributed by atoms with Crippen molar-refractivity contribution in [3.8, 4) is 11.8 Å². The van der Waals surface area contributed by atoms with Gasteiger partial charge in [-0.25, -0.2) is 0 Å². The van der Waals surface area contributed by atoms with E-state index in [4.69, 9.17) is 10.00 Å². The van der Waals surface area contributed by atoms with Gasteiger partial charge in [0.15, 0.2) is 0 Å². The number of benzene rings is 1. The first-order chi connectivity index (χ1) is 11.8. The first-order valence-corrected chi connectivity index (χ1v) is 9.57. The molecule has 4 rings (SSSR count). The number of piperidine rings is 1. The van der Waals surface area contributed by atoms with Gasteiger partial charge in [0, 0.05) is 17.9 Å². The quantitative estimate of drug-likeness (QED) is 0.784. The Balaban J connectivity index is 1.69. The summed E-state index contributed by atoms with van der Waals surface area (Å²) in [4.78, 5) is 2.71. The lowest BCUT2D eigenvalue weighted by Gasteiger charge is -2.59. The van der Waals surface area contributed by atoms with Crippen LogP contribution in [-0.4, -0.2) is 31.1 Å². The van der Waals surface area contributed by atoms with E-state index in [1.165, 1.54) is 45.1 Å². The minimum atomic E-state index is 0.386. The van der Waals surface area contributed by atoms with Crippen molar-refractivity contribution in [3.05, 3.63) is 29.3 Å². The zero-order valence-electron chi connectivity index (χ0n) is 14.8. The molecule has 1 aromatic carbocycles. The number of likely N-dealkylation sites (tertiary alicyclic amines) is 1. The number of nitriles is 1. The lowest BCUT2D eigenvalue weighted by atomic mass is 9.52. The van der Waals surface area contributed by atoms with E-state index in [9.17, 15) is 0 Å². The molecule has 3 heteroatoms. The average molecular weight is 324 g/mol. The van der Waals surface area contributed by atoms with Crippen LogP contribution in [0.3, 0.4) is 0 Å². The topological polar surface area (TPSA) is 36.3 Å². The number of fused-ring (bicyclic) bond motifs is 1. The van der Waals surface area contributed by atoms with E-state index in [1.807, 2.05) is 0 Å². The van der Waals surface area contributed by atoms with Crippen molar-refractivity contribution in [1.82, 2.24) is 4.90 Å². The zero-order valence-corrected chi connectivity index (χ0v) is 14.8. The standard InChI is InChI=1S/C21H28N2O/c1-24-17-8-7-16-14-20-18-6-2-3-9-21(18,19(16)15-17)10-13-23(20)12-5-4-11-22/h7-8,15,18,20H,2-6,9-10,12-14H2,1H3/t18-,20+,21+/m1/s1. The average Bonchev–Trinajstić information content (AvgIpc) is 2.63. The van der Waals surface area contributed by atoms with E-state index in [-0.39, 0.29) is 0 Å². The fourth-order valence-corrected chi connectivity index (χ4v) is 5.83. The van der Waals surface area contributed by atoms with Gasteiger partial charge in [-0.3, -0.25) is 4.90 Å². The van der Waals surface area contributed by atoms with Crippen molar-refractivity contribution in [2.75, 3.05) is 20.2 Å². The number of methoxy groups -OCH3 is 1. The summed E-state index contributed by atoms with van der Waals surface area (Å²) in [5, 5.41) is 8.86. The van der Waals surface area contributed by atoms with Gasteiger partial charge in [0.1, 0.15) is 5.75 Å². The molecule has 1 heterocycles. The van der Waals surface area contributed by atoms with Gasteiger partial charge in [-0.2, -0.15) is 5.26 Å². The fraction of sp³-hybridized carbons (Fsp3) is 0.667. The van der Waals surface area contributed by atoms with Crippen LogP contribution in [0.1, 0.15) is 56.1 Å². The molecule has 0 unspecified atom stereocenters. The second-order valence-corrected chi connectivity index (χ2v) is 7.85. The summed E-state index contributed by atoms with van der Waals surface area (Å²) in [6, 6.07) is 9.77. The Morgan fingerprint density at radius 1 is 1.33 bits per heavy atom. The Hall–Kier alpha value is -1.53. The normalized spacial score (nSPS) is 31.7. The smallest absolute Gasteiger partial charge is 0.119 e. The first-order valence-electron chi connectivity index (χ1n) is 9.57. The Kier molecular flexibility index (Phi) is 4.26. The minimum absolute atomic E-state index is 0.386. The van der Waals surface area contributed by atoms with Crippen molar-refractivity contribution < 1.29 is 4.74 Å². The Bertz CT molecular complexity index is 650. The van der Waals surface area contributed by atoms with Crippen LogP contribution >= 0.6 is 0 Å². The molecule has 1 saturated carbocycles. The number of ether oxygens (including phenoxy) is 1. The number of hydrogen-bond donors (Lipinski definition) is 0. The third kappa shape index (κ3) is 2.43. The van der Waals surface area contributed by atoms with E-state index in [0.29, 0.717) is 17.9 Å². The highest BCUT2D eigenvalue weighted by molar-refractivity contribution is 5.45. The van der Waals surface area contributed by atoms with E-state index in [2.05, 4.69) is 29.2 Å². The maximum Gasteiger partial charge on any atom is 0.119 e. The van der Waals surface area contributed by atoms with Gasteiger partial charge < -0.3 is 4.74 Å². The number of hydrogen-bond acceptors (Lipinski definition) is 3.